The first-order chi connectivity index (χ1) is 3.35. The fourth-order valence-electron chi connectivity index (χ4n) is 0.524. The summed E-state index contributed by atoms with van der Waals surface area (Å²) in [5.41, 5.74) is 0. The maximum atomic E-state index is 10.1. The minimum absolute atomic E-state index is 0. The fraction of sp³-hybridized carbons (Fsp3) is 1.00. The normalized spacial score (nSPS) is 9.00. The Morgan fingerprint density at radius 1 is 1.25 bits per heavy atom. The van der Waals surface area contributed by atoms with Crippen molar-refractivity contribution in [2.24, 2.45) is 5.92 Å². The van der Waals surface area contributed by atoms with Crippen LogP contribution in [0.4, 0.5) is 0 Å². The summed E-state index contributed by atoms with van der Waals surface area (Å²) < 4.78 is 0. The summed E-state index contributed by atoms with van der Waals surface area (Å²) in [6.07, 6.45) is 2.08. The maximum Gasteiger partial charge on any atom is 1.00 e. The summed E-state index contributed by atoms with van der Waals surface area (Å²) in [5.74, 6) is 0.431. The van der Waals surface area contributed by atoms with Gasteiger partial charge in [0.1, 0.15) is 0 Å². The van der Waals surface area contributed by atoms with Crippen molar-refractivity contribution in [2.45, 2.75) is 26.7 Å². The average Bonchev–Trinajstić information content (AvgIpc) is 1.72. The van der Waals surface area contributed by atoms with Gasteiger partial charge in [-0.2, -0.15) is 0 Å². The van der Waals surface area contributed by atoms with Crippen molar-refractivity contribution in [1.29, 1.82) is 0 Å². The average molecular weight is 140 g/mol. The van der Waals surface area contributed by atoms with Gasteiger partial charge in [0.2, 0.25) is 0 Å². The molecule has 0 N–H and O–H groups in total. The van der Waals surface area contributed by atoms with Crippen LogP contribution in [0.25, 0.3) is 0 Å². The smallest absolute Gasteiger partial charge is 0.854 e. The van der Waals surface area contributed by atoms with E-state index in [0.29, 0.717) is 5.92 Å². The number of rotatable bonds is 3. The third-order valence-corrected chi connectivity index (χ3v) is 1.39. The second kappa shape index (κ2) is 8.60. The molecule has 0 aromatic carbocycles. The Morgan fingerprint density at radius 3 is 1.62 bits per heavy atom. The first kappa shape index (κ1) is 12.3. The third kappa shape index (κ3) is 5.73. The second-order valence-electron chi connectivity index (χ2n) is 1.85. The van der Waals surface area contributed by atoms with Crippen LogP contribution in [0, 0.1) is 5.92 Å². The summed E-state index contributed by atoms with van der Waals surface area (Å²) in [5, 5.41) is 10.1. The van der Waals surface area contributed by atoms with E-state index in [-0.39, 0.29) is 58.0 Å². The minimum Gasteiger partial charge on any atom is -0.854 e. The SMILES string of the molecule is CCC(CC)C[O-].[K+]. The van der Waals surface area contributed by atoms with Crippen molar-refractivity contribution in [3.63, 3.8) is 0 Å². The fourth-order valence-corrected chi connectivity index (χ4v) is 0.524. The molecule has 0 unspecified atom stereocenters. The van der Waals surface area contributed by atoms with E-state index in [1.165, 1.54) is 0 Å². The molecule has 0 rings (SSSR count). The van der Waals surface area contributed by atoms with Crippen molar-refractivity contribution in [3.8, 4) is 0 Å². The molecule has 1 nitrogen and oxygen atoms in total. The Labute approximate surface area is 94.3 Å². The molecule has 44 valence electrons. The molecule has 8 heavy (non-hydrogen) atoms. The Kier molecular flexibility index (Phi) is 13.2. The quantitative estimate of drug-likeness (QED) is 0.408. The maximum absolute atomic E-state index is 10.1. The molecule has 2 heteroatoms. The molecule has 0 bridgehead atoms. The van der Waals surface area contributed by atoms with Crippen molar-refractivity contribution in [3.05, 3.63) is 0 Å². The van der Waals surface area contributed by atoms with E-state index in [0.717, 1.165) is 12.8 Å². The van der Waals surface area contributed by atoms with Gasteiger partial charge in [0, 0.05) is 0 Å². The Morgan fingerprint density at radius 2 is 1.62 bits per heavy atom. The first-order valence-electron chi connectivity index (χ1n) is 2.93. The molecular weight excluding hydrogens is 127 g/mol. The van der Waals surface area contributed by atoms with Crippen LogP contribution in [-0.4, -0.2) is 6.61 Å². The number of hydrogen-bond acceptors (Lipinski definition) is 1. The molecule has 0 aromatic rings. The molecule has 0 aromatic heterocycles. The summed E-state index contributed by atoms with van der Waals surface area (Å²) in [6, 6.07) is 0. The predicted octanol–water partition coefficient (Wildman–Crippen LogP) is -2.21. The Hall–Kier alpha value is 1.60. The van der Waals surface area contributed by atoms with Crippen LogP contribution < -0.4 is 56.5 Å². The summed E-state index contributed by atoms with van der Waals surface area (Å²) in [7, 11) is 0. The van der Waals surface area contributed by atoms with Crippen LogP contribution in [0.15, 0.2) is 0 Å². The molecule has 0 heterocycles. The molecule has 0 radical (unpaired) electrons. The van der Waals surface area contributed by atoms with Crippen molar-refractivity contribution in [1.82, 2.24) is 0 Å². The molecule has 0 aliphatic heterocycles. The Bertz CT molecular complexity index is 30.0. The third-order valence-electron chi connectivity index (χ3n) is 1.39. The summed E-state index contributed by atoms with van der Waals surface area (Å²) in [4.78, 5) is 0. The van der Waals surface area contributed by atoms with Gasteiger partial charge < -0.3 is 5.11 Å². The predicted molar refractivity (Wildman–Crippen MR) is 28.9 cm³/mol. The van der Waals surface area contributed by atoms with Gasteiger partial charge in [-0.15, -0.1) is 6.61 Å². The molecule has 0 aliphatic carbocycles. The van der Waals surface area contributed by atoms with E-state index < -0.39 is 0 Å². The van der Waals surface area contributed by atoms with Gasteiger partial charge in [0.05, 0.1) is 0 Å². The molecule has 0 saturated heterocycles. The molecule has 0 spiro atoms. The van der Waals surface area contributed by atoms with Crippen molar-refractivity contribution >= 4 is 0 Å². The van der Waals surface area contributed by atoms with Crippen molar-refractivity contribution < 1.29 is 56.5 Å². The number of hydrogen-bond donors (Lipinski definition) is 0. The van der Waals surface area contributed by atoms with Crippen LogP contribution in [0.1, 0.15) is 26.7 Å². The molecule has 0 saturated carbocycles. The van der Waals surface area contributed by atoms with Crippen LogP contribution in [0.3, 0.4) is 0 Å². The van der Waals surface area contributed by atoms with Gasteiger partial charge in [0.15, 0.2) is 0 Å². The van der Waals surface area contributed by atoms with Crippen LogP contribution in [0.2, 0.25) is 0 Å². The second-order valence-corrected chi connectivity index (χ2v) is 1.85. The van der Waals surface area contributed by atoms with E-state index in [9.17, 15) is 5.11 Å². The zero-order chi connectivity index (χ0) is 5.70. The first-order valence-corrected chi connectivity index (χ1v) is 2.93. The zero-order valence-corrected chi connectivity index (χ0v) is 9.23. The van der Waals surface area contributed by atoms with Crippen LogP contribution in [-0.2, 0) is 0 Å². The van der Waals surface area contributed by atoms with E-state index in [1.807, 2.05) is 0 Å². The largest absolute Gasteiger partial charge is 1.00 e. The summed E-state index contributed by atoms with van der Waals surface area (Å²) >= 11 is 0. The van der Waals surface area contributed by atoms with Gasteiger partial charge in [-0.05, 0) is 0 Å². The van der Waals surface area contributed by atoms with Gasteiger partial charge >= 0.3 is 51.4 Å². The van der Waals surface area contributed by atoms with Gasteiger partial charge in [-0.1, -0.05) is 32.6 Å². The molecule has 0 fully saturated rings. The van der Waals surface area contributed by atoms with E-state index >= 15 is 0 Å². The van der Waals surface area contributed by atoms with E-state index in [4.69, 9.17) is 0 Å². The zero-order valence-electron chi connectivity index (χ0n) is 6.11. The van der Waals surface area contributed by atoms with E-state index in [1.54, 1.807) is 0 Å². The minimum atomic E-state index is 0. The molecule has 0 amide bonds. The van der Waals surface area contributed by atoms with Gasteiger partial charge in [-0.25, -0.2) is 0 Å². The van der Waals surface area contributed by atoms with E-state index in [2.05, 4.69) is 13.8 Å². The topological polar surface area (TPSA) is 23.1 Å². The standard InChI is InChI=1S/C6H13O.K/c1-3-6(4-2)5-7;/h6H,3-5H2,1-2H3;/q-1;+1. The molecule has 0 aliphatic rings. The van der Waals surface area contributed by atoms with Crippen LogP contribution in [0.5, 0.6) is 0 Å². The van der Waals surface area contributed by atoms with Crippen LogP contribution >= 0.6 is 0 Å². The molecule has 0 atom stereocenters. The monoisotopic (exact) mass is 140 g/mol. The summed E-state index contributed by atoms with van der Waals surface area (Å²) in [6.45, 7) is 4.23. The van der Waals surface area contributed by atoms with Gasteiger partial charge in [0.25, 0.3) is 0 Å². The Balaban J connectivity index is 0. The molecular formula is C6H13KO. The van der Waals surface area contributed by atoms with Gasteiger partial charge in [-0.3, -0.25) is 0 Å². The van der Waals surface area contributed by atoms with Crippen molar-refractivity contribution in [2.75, 3.05) is 6.61 Å².